The van der Waals surface area contributed by atoms with E-state index in [0.29, 0.717) is 5.75 Å². The second-order valence-electron chi connectivity index (χ2n) is 8.21. The minimum Gasteiger partial charge on any atom is -0.467 e. The lowest BCUT2D eigenvalue weighted by Crippen LogP contribution is -2.41. The Morgan fingerprint density at radius 3 is 2.66 bits per heavy atom. The predicted molar refractivity (Wildman–Crippen MR) is 114 cm³/mol. The van der Waals surface area contributed by atoms with Crippen LogP contribution in [0.2, 0.25) is 0 Å². The van der Waals surface area contributed by atoms with Crippen molar-refractivity contribution in [3.8, 4) is 17.0 Å². The normalized spacial score (nSPS) is 21.2. The Hall–Kier alpha value is -2.70. The van der Waals surface area contributed by atoms with Crippen molar-refractivity contribution >= 4 is 17.1 Å². The summed E-state index contributed by atoms with van der Waals surface area (Å²) in [6, 6.07) is 6.33. The molecule has 1 saturated carbocycles. The molecule has 0 aliphatic heterocycles. The highest BCUT2D eigenvalue weighted by Crippen LogP contribution is 2.43. The molecule has 0 unspecified atom stereocenters. The fraction of sp³-hybridized carbons (Fsp3) is 0.391. The van der Waals surface area contributed by atoms with E-state index in [1.807, 2.05) is 19.9 Å². The van der Waals surface area contributed by atoms with Crippen LogP contribution in [0.1, 0.15) is 42.5 Å². The fourth-order valence-electron chi connectivity index (χ4n) is 4.22. The molecular formula is C23H27N3O3. The lowest BCUT2D eigenvalue weighted by atomic mass is 9.77. The first-order valence-electron chi connectivity index (χ1n) is 9.79. The standard InChI is InChI=1S/C23H27N3O3/c1-6-16-7-14(2)21(20(8-16)29-13-28-5)19-9-18-15(3)12-26(22(18)25-24-19)17-10-23(4,27)11-17/h6-9,12,17,27H,1,10-11,13H2,2-5H3. The molecule has 0 bridgehead atoms. The van der Waals surface area contributed by atoms with Gasteiger partial charge in [0.15, 0.2) is 12.4 Å². The van der Waals surface area contributed by atoms with Crippen LogP contribution in [0.15, 0.2) is 31.0 Å². The van der Waals surface area contributed by atoms with Crippen molar-refractivity contribution in [2.45, 2.75) is 45.3 Å². The zero-order chi connectivity index (χ0) is 20.8. The van der Waals surface area contributed by atoms with Crippen molar-refractivity contribution in [3.05, 3.63) is 47.7 Å². The van der Waals surface area contributed by atoms with Crippen LogP contribution in [0.3, 0.4) is 0 Å². The number of nitrogens with zero attached hydrogens (tertiary/aromatic N) is 3. The minimum absolute atomic E-state index is 0.153. The van der Waals surface area contributed by atoms with E-state index in [1.165, 1.54) is 0 Å². The molecule has 1 aromatic carbocycles. The lowest BCUT2D eigenvalue weighted by molar-refractivity contribution is -0.0498. The van der Waals surface area contributed by atoms with Gasteiger partial charge < -0.3 is 19.1 Å². The third-order valence-electron chi connectivity index (χ3n) is 5.67. The highest BCUT2D eigenvalue weighted by Gasteiger charge is 2.40. The lowest BCUT2D eigenvalue weighted by Gasteiger charge is -2.41. The first-order valence-corrected chi connectivity index (χ1v) is 9.79. The van der Waals surface area contributed by atoms with Gasteiger partial charge in [0.2, 0.25) is 0 Å². The summed E-state index contributed by atoms with van der Waals surface area (Å²) in [7, 11) is 1.60. The first-order chi connectivity index (χ1) is 13.8. The Morgan fingerprint density at radius 2 is 2.00 bits per heavy atom. The van der Waals surface area contributed by atoms with E-state index in [4.69, 9.17) is 9.47 Å². The SMILES string of the molecule is C=Cc1cc(C)c(-c2cc3c(C)cn(C4CC(C)(O)C4)c3nn2)c(OCOC)c1. The topological polar surface area (TPSA) is 69.4 Å². The molecule has 3 aromatic rings. The van der Waals surface area contributed by atoms with Crippen LogP contribution in [-0.2, 0) is 4.74 Å². The van der Waals surface area contributed by atoms with E-state index in [9.17, 15) is 5.11 Å². The average molecular weight is 393 g/mol. The van der Waals surface area contributed by atoms with Gasteiger partial charge in [0.1, 0.15) is 5.75 Å². The van der Waals surface area contributed by atoms with Gasteiger partial charge in [-0.25, -0.2) is 0 Å². The number of ether oxygens (including phenoxy) is 2. The number of aromatic nitrogens is 3. The summed E-state index contributed by atoms with van der Waals surface area (Å²) in [5, 5.41) is 20.3. The molecule has 1 aliphatic carbocycles. The molecule has 1 N–H and O–H groups in total. The third-order valence-corrected chi connectivity index (χ3v) is 5.67. The molecule has 6 heteroatoms. The Morgan fingerprint density at radius 1 is 1.24 bits per heavy atom. The monoisotopic (exact) mass is 393 g/mol. The van der Waals surface area contributed by atoms with Crippen LogP contribution in [-0.4, -0.2) is 39.4 Å². The highest BCUT2D eigenvalue weighted by molar-refractivity contribution is 5.85. The van der Waals surface area contributed by atoms with E-state index < -0.39 is 5.60 Å². The van der Waals surface area contributed by atoms with Crippen molar-refractivity contribution in [3.63, 3.8) is 0 Å². The molecule has 152 valence electrons. The maximum atomic E-state index is 10.1. The second-order valence-corrected chi connectivity index (χ2v) is 8.21. The Balaban J connectivity index is 1.79. The maximum absolute atomic E-state index is 10.1. The zero-order valence-corrected chi connectivity index (χ0v) is 17.4. The van der Waals surface area contributed by atoms with Gasteiger partial charge in [-0.3, -0.25) is 0 Å². The molecule has 29 heavy (non-hydrogen) atoms. The van der Waals surface area contributed by atoms with Gasteiger partial charge in [-0.1, -0.05) is 18.7 Å². The summed E-state index contributed by atoms with van der Waals surface area (Å²) >= 11 is 0. The number of hydrogen-bond donors (Lipinski definition) is 1. The van der Waals surface area contributed by atoms with E-state index in [2.05, 4.69) is 46.6 Å². The highest BCUT2D eigenvalue weighted by atomic mass is 16.7. The number of fused-ring (bicyclic) bond motifs is 1. The molecule has 0 amide bonds. The second kappa shape index (κ2) is 7.28. The van der Waals surface area contributed by atoms with Crippen LogP contribution in [0.5, 0.6) is 5.75 Å². The van der Waals surface area contributed by atoms with Crippen molar-refractivity contribution in [2.75, 3.05) is 13.9 Å². The number of benzene rings is 1. The average Bonchev–Trinajstić information content (AvgIpc) is 2.99. The van der Waals surface area contributed by atoms with Crippen LogP contribution >= 0.6 is 0 Å². The van der Waals surface area contributed by atoms with Crippen LogP contribution in [0, 0.1) is 13.8 Å². The molecular weight excluding hydrogens is 366 g/mol. The van der Waals surface area contributed by atoms with E-state index in [1.54, 1.807) is 13.2 Å². The van der Waals surface area contributed by atoms with E-state index >= 15 is 0 Å². The largest absolute Gasteiger partial charge is 0.467 e. The Kier molecular flexibility index (Phi) is 4.92. The van der Waals surface area contributed by atoms with Gasteiger partial charge in [0.05, 0.1) is 11.3 Å². The van der Waals surface area contributed by atoms with Gasteiger partial charge >= 0.3 is 0 Å². The number of rotatable bonds is 6. The third kappa shape index (κ3) is 3.54. The number of methoxy groups -OCH3 is 1. The smallest absolute Gasteiger partial charge is 0.188 e. The van der Waals surface area contributed by atoms with Crippen molar-refractivity contribution in [1.82, 2.24) is 14.8 Å². The molecule has 1 aliphatic rings. The summed E-state index contributed by atoms with van der Waals surface area (Å²) < 4.78 is 13.1. The predicted octanol–water partition coefficient (Wildman–Crippen LogP) is 4.43. The summed E-state index contributed by atoms with van der Waals surface area (Å²) in [6.45, 7) is 10.00. The molecule has 0 saturated heterocycles. The molecule has 0 atom stereocenters. The summed E-state index contributed by atoms with van der Waals surface area (Å²) in [5.74, 6) is 0.697. The minimum atomic E-state index is -0.583. The quantitative estimate of drug-likeness (QED) is 0.628. The van der Waals surface area contributed by atoms with Crippen molar-refractivity contribution in [1.29, 1.82) is 0 Å². The molecule has 2 aromatic heterocycles. The molecule has 2 heterocycles. The summed E-state index contributed by atoms with van der Waals surface area (Å²) in [4.78, 5) is 0. The van der Waals surface area contributed by atoms with Gasteiger partial charge in [0, 0.05) is 30.3 Å². The Bertz CT molecular complexity index is 1080. The fourth-order valence-corrected chi connectivity index (χ4v) is 4.22. The Labute approximate surface area is 170 Å². The van der Waals surface area contributed by atoms with Crippen LogP contribution < -0.4 is 4.74 Å². The number of hydrogen-bond acceptors (Lipinski definition) is 5. The molecule has 4 rings (SSSR count). The molecule has 0 radical (unpaired) electrons. The van der Waals surface area contributed by atoms with Gasteiger partial charge in [-0.15, -0.1) is 10.2 Å². The van der Waals surface area contributed by atoms with E-state index in [-0.39, 0.29) is 12.8 Å². The van der Waals surface area contributed by atoms with Gasteiger partial charge in [-0.2, -0.15) is 0 Å². The van der Waals surface area contributed by atoms with Crippen molar-refractivity contribution in [2.24, 2.45) is 0 Å². The summed E-state index contributed by atoms with van der Waals surface area (Å²) in [5.41, 5.74) is 5.09. The van der Waals surface area contributed by atoms with E-state index in [0.717, 1.165) is 51.8 Å². The molecule has 1 fully saturated rings. The molecule has 0 spiro atoms. The number of aliphatic hydroxyl groups is 1. The van der Waals surface area contributed by atoms with Crippen LogP contribution in [0.25, 0.3) is 28.4 Å². The van der Waals surface area contributed by atoms with Gasteiger partial charge in [-0.05, 0) is 62.4 Å². The molecule has 6 nitrogen and oxygen atoms in total. The van der Waals surface area contributed by atoms with Crippen molar-refractivity contribution < 1.29 is 14.6 Å². The van der Waals surface area contributed by atoms with Gasteiger partial charge in [0.25, 0.3) is 0 Å². The first kappa shape index (κ1) is 19.6. The zero-order valence-electron chi connectivity index (χ0n) is 17.4. The van der Waals surface area contributed by atoms with Crippen LogP contribution in [0.4, 0.5) is 0 Å². The summed E-state index contributed by atoms with van der Waals surface area (Å²) in [6.07, 6.45) is 5.37. The number of aryl methyl sites for hydroxylation is 2. The maximum Gasteiger partial charge on any atom is 0.188 e.